The van der Waals surface area contributed by atoms with Crippen molar-refractivity contribution in [2.75, 3.05) is 38.3 Å². The molecule has 7 heteroatoms. The summed E-state index contributed by atoms with van der Waals surface area (Å²) in [5.74, 6) is 0.0953. The number of thiazole rings is 1. The van der Waals surface area contributed by atoms with E-state index in [0.717, 1.165) is 33.0 Å². The minimum atomic E-state index is 0. The second-order valence-electron chi connectivity index (χ2n) is 7.29. The van der Waals surface area contributed by atoms with Crippen LogP contribution in [0.1, 0.15) is 16.7 Å². The van der Waals surface area contributed by atoms with Crippen LogP contribution >= 0.6 is 35.5 Å². The number of rotatable bonds is 7. The van der Waals surface area contributed by atoms with Crippen LogP contribution in [0.25, 0.3) is 10.2 Å². The minimum absolute atomic E-state index is 0. The Morgan fingerprint density at radius 1 is 1.10 bits per heavy atom. The average Bonchev–Trinajstić information content (AvgIpc) is 3.06. The molecule has 0 spiro atoms. The molecule has 0 saturated heterocycles. The lowest BCUT2D eigenvalue weighted by Gasteiger charge is -2.22. The fourth-order valence-electron chi connectivity index (χ4n) is 3.06. The molecule has 0 atom stereocenters. The number of nitrogens with zero attached hydrogens (tertiary/aromatic N) is 3. The van der Waals surface area contributed by atoms with Crippen molar-refractivity contribution >= 4 is 56.8 Å². The van der Waals surface area contributed by atoms with Crippen LogP contribution in [0.3, 0.4) is 0 Å². The third-order valence-corrected chi connectivity index (χ3v) is 6.49. The molecule has 1 heterocycles. The molecule has 0 aliphatic heterocycles. The molecular weight excluding hydrogens is 422 g/mol. The first-order valence-electron chi connectivity index (χ1n) is 9.33. The first kappa shape index (κ1) is 23.7. The molecule has 0 saturated carbocycles. The predicted octanol–water partition coefficient (Wildman–Crippen LogP) is 5.19. The first-order valence-corrected chi connectivity index (χ1v) is 11.4. The molecule has 0 aliphatic rings. The maximum Gasteiger partial charge on any atom is 0.233 e. The molecule has 4 nitrogen and oxygen atoms in total. The molecule has 156 valence electrons. The number of hydrogen-bond donors (Lipinski definition) is 0. The highest BCUT2D eigenvalue weighted by Crippen LogP contribution is 2.32. The molecule has 1 amide bonds. The zero-order valence-electron chi connectivity index (χ0n) is 17.6. The summed E-state index contributed by atoms with van der Waals surface area (Å²) in [6.45, 7) is 5.57. The van der Waals surface area contributed by atoms with Gasteiger partial charge in [-0.15, -0.1) is 24.2 Å². The van der Waals surface area contributed by atoms with Gasteiger partial charge in [0.1, 0.15) is 0 Å². The summed E-state index contributed by atoms with van der Waals surface area (Å²) in [6, 6.07) is 12.5. The zero-order chi connectivity index (χ0) is 20.3. The van der Waals surface area contributed by atoms with E-state index in [9.17, 15) is 4.79 Å². The van der Waals surface area contributed by atoms with Crippen LogP contribution < -0.4 is 4.90 Å². The monoisotopic (exact) mass is 449 g/mol. The second-order valence-corrected chi connectivity index (χ2v) is 9.17. The van der Waals surface area contributed by atoms with Crippen molar-refractivity contribution in [3.8, 4) is 0 Å². The number of fused-ring (bicyclic) bond motifs is 1. The minimum Gasteiger partial charge on any atom is -0.308 e. The fourth-order valence-corrected chi connectivity index (χ4v) is 4.63. The van der Waals surface area contributed by atoms with E-state index in [1.165, 1.54) is 10.5 Å². The number of carbonyl (C=O) groups excluding carboxylic acids is 1. The second kappa shape index (κ2) is 10.4. The van der Waals surface area contributed by atoms with Crippen molar-refractivity contribution < 1.29 is 4.79 Å². The number of amides is 1. The lowest BCUT2D eigenvalue weighted by Crippen LogP contribution is -2.37. The van der Waals surface area contributed by atoms with Crippen molar-refractivity contribution in [3.05, 3.63) is 53.1 Å². The van der Waals surface area contributed by atoms with Crippen molar-refractivity contribution in [2.45, 2.75) is 25.2 Å². The molecule has 0 aliphatic carbocycles. The quantitative estimate of drug-likeness (QED) is 0.465. The van der Waals surface area contributed by atoms with Gasteiger partial charge in [-0.1, -0.05) is 35.1 Å². The SMILES string of the molecule is CSc1ccc2nc(N(CCN(C)C)C(=O)Cc3ccc(C)cc3C)sc2c1.Cl. The van der Waals surface area contributed by atoms with Crippen LogP contribution in [0, 0.1) is 13.8 Å². The summed E-state index contributed by atoms with van der Waals surface area (Å²) in [7, 11) is 4.05. The summed E-state index contributed by atoms with van der Waals surface area (Å²) in [6.07, 6.45) is 2.46. The Labute approximate surface area is 187 Å². The number of aromatic nitrogens is 1. The average molecular weight is 450 g/mol. The van der Waals surface area contributed by atoms with Gasteiger partial charge in [0.15, 0.2) is 5.13 Å². The van der Waals surface area contributed by atoms with Crippen molar-refractivity contribution in [3.63, 3.8) is 0 Å². The van der Waals surface area contributed by atoms with Crippen LogP contribution in [0.2, 0.25) is 0 Å². The Hall–Kier alpha value is -1.60. The number of anilines is 1. The van der Waals surface area contributed by atoms with Gasteiger partial charge in [0.2, 0.25) is 5.91 Å². The summed E-state index contributed by atoms with van der Waals surface area (Å²) in [4.78, 5) is 23.2. The molecule has 0 fully saturated rings. The van der Waals surface area contributed by atoms with Gasteiger partial charge in [0, 0.05) is 18.0 Å². The van der Waals surface area contributed by atoms with E-state index in [0.29, 0.717) is 13.0 Å². The smallest absolute Gasteiger partial charge is 0.233 e. The van der Waals surface area contributed by atoms with Crippen molar-refractivity contribution in [1.29, 1.82) is 0 Å². The van der Waals surface area contributed by atoms with Crippen LogP contribution in [0.4, 0.5) is 5.13 Å². The molecule has 0 radical (unpaired) electrons. The van der Waals surface area contributed by atoms with E-state index < -0.39 is 0 Å². The molecule has 1 aromatic heterocycles. The van der Waals surface area contributed by atoms with Gasteiger partial charge in [-0.3, -0.25) is 9.69 Å². The zero-order valence-corrected chi connectivity index (χ0v) is 20.0. The lowest BCUT2D eigenvalue weighted by atomic mass is 10.0. The Bertz CT molecular complexity index is 987. The highest BCUT2D eigenvalue weighted by Gasteiger charge is 2.21. The van der Waals surface area contributed by atoms with E-state index in [2.05, 4.69) is 55.3 Å². The van der Waals surface area contributed by atoms with E-state index in [4.69, 9.17) is 4.98 Å². The molecule has 0 bridgehead atoms. The molecule has 0 unspecified atom stereocenters. The number of halogens is 1. The van der Waals surface area contributed by atoms with E-state index in [1.807, 2.05) is 25.1 Å². The van der Waals surface area contributed by atoms with Crippen LogP contribution in [0.15, 0.2) is 41.3 Å². The Kier molecular flexibility index (Phi) is 8.52. The molecule has 0 N–H and O–H groups in total. The van der Waals surface area contributed by atoms with Gasteiger partial charge in [-0.25, -0.2) is 4.98 Å². The van der Waals surface area contributed by atoms with Gasteiger partial charge in [-0.2, -0.15) is 0 Å². The molecule has 2 aromatic carbocycles. The normalized spacial score (nSPS) is 11.0. The Balaban J connectivity index is 0.00000300. The van der Waals surface area contributed by atoms with Gasteiger partial charge >= 0.3 is 0 Å². The van der Waals surface area contributed by atoms with E-state index >= 15 is 0 Å². The van der Waals surface area contributed by atoms with Crippen molar-refractivity contribution in [2.24, 2.45) is 0 Å². The summed E-state index contributed by atoms with van der Waals surface area (Å²) < 4.78 is 1.12. The maximum atomic E-state index is 13.2. The largest absolute Gasteiger partial charge is 0.308 e. The third-order valence-electron chi connectivity index (χ3n) is 4.73. The summed E-state index contributed by atoms with van der Waals surface area (Å²) in [5, 5.41) is 0.782. The highest BCUT2D eigenvalue weighted by atomic mass is 35.5. The maximum absolute atomic E-state index is 13.2. The highest BCUT2D eigenvalue weighted by molar-refractivity contribution is 7.98. The number of carbonyl (C=O) groups is 1. The van der Waals surface area contributed by atoms with Gasteiger partial charge in [0.25, 0.3) is 0 Å². The van der Waals surface area contributed by atoms with Crippen LogP contribution in [-0.2, 0) is 11.2 Å². The predicted molar refractivity (Wildman–Crippen MR) is 129 cm³/mol. The van der Waals surface area contributed by atoms with Gasteiger partial charge in [-0.05, 0) is 63.5 Å². The first-order chi connectivity index (χ1) is 13.4. The molecule has 3 aromatic rings. The third kappa shape index (κ3) is 5.95. The number of hydrogen-bond acceptors (Lipinski definition) is 5. The van der Waals surface area contributed by atoms with E-state index in [-0.39, 0.29) is 18.3 Å². The number of thioether (sulfide) groups is 1. The van der Waals surface area contributed by atoms with Gasteiger partial charge < -0.3 is 4.90 Å². The Morgan fingerprint density at radius 3 is 2.52 bits per heavy atom. The van der Waals surface area contributed by atoms with Crippen LogP contribution in [-0.4, -0.2) is 49.2 Å². The Morgan fingerprint density at radius 2 is 1.86 bits per heavy atom. The van der Waals surface area contributed by atoms with Gasteiger partial charge in [0.05, 0.1) is 16.6 Å². The molecular formula is C22H28ClN3OS2. The number of benzene rings is 2. The topological polar surface area (TPSA) is 36.4 Å². The number of aryl methyl sites for hydroxylation is 2. The van der Waals surface area contributed by atoms with Crippen molar-refractivity contribution in [1.82, 2.24) is 9.88 Å². The summed E-state index contributed by atoms with van der Waals surface area (Å²) >= 11 is 3.31. The fraction of sp³-hybridized carbons (Fsp3) is 0.364. The molecule has 29 heavy (non-hydrogen) atoms. The summed E-state index contributed by atoms with van der Waals surface area (Å²) in [5.41, 5.74) is 4.41. The molecule has 3 rings (SSSR count). The number of likely N-dealkylation sites (N-methyl/N-ethyl adjacent to an activating group) is 1. The van der Waals surface area contributed by atoms with Crippen LogP contribution in [0.5, 0.6) is 0 Å². The lowest BCUT2D eigenvalue weighted by molar-refractivity contribution is -0.118. The standard InChI is InChI=1S/C22H27N3OS2.ClH/c1-15-6-7-17(16(2)12-15)13-21(26)25(11-10-24(3)4)22-23-19-9-8-18(27-5)14-20(19)28-22;/h6-9,12,14H,10-11,13H2,1-5H3;1H. The van der Waals surface area contributed by atoms with E-state index in [1.54, 1.807) is 23.1 Å².